The van der Waals surface area contributed by atoms with Crippen molar-refractivity contribution in [1.29, 1.82) is 0 Å². The minimum atomic E-state index is -3.51. The van der Waals surface area contributed by atoms with Crippen molar-refractivity contribution in [2.45, 2.75) is 44.6 Å². The van der Waals surface area contributed by atoms with E-state index in [4.69, 9.17) is 5.73 Å². The first kappa shape index (κ1) is 21.9. The van der Waals surface area contributed by atoms with E-state index in [2.05, 4.69) is 5.32 Å². The maximum absolute atomic E-state index is 14.3. The van der Waals surface area contributed by atoms with E-state index < -0.39 is 22.2 Å². The second-order valence-corrected chi connectivity index (χ2v) is 11.9. The number of primary amides is 1. The maximum Gasteiger partial charge on any atom is 0.236 e. The Hall–Kier alpha value is -1.88. The van der Waals surface area contributed by atoms with Gasteiger partial charge in [0.05, 0.1) is 12.2 Å². The Balaban J connectivity index is 1.27. The van der Waals surface area contributed by atoms with E-state index in [9.17, 15) is 23.1 Å². The third-order valence-electron chi connectivity index (χ3n) is 7.98. The molecule has 1 aromatic carbocycles. The predicted octanol–water partition coefficient (Wildman–Crippen LogP) is 2.71. The molecule has 5 aliphatic rings. The number of amides is 2. The summed E-state index contributed by atoms with van der Waals surface area (Å²) < 4.78 is 38.7. The molecule has 0 spiro atoms. The SMILES string of the molecule is NC(=O)C12CC3CC(C1)C(NC(=O)CN1CCCN(c4ccccc4F)S1(O)O)C(C3)C2. The van der Waals surface area contributed by atoms with Crippen LogP contribution in [0.5, 0.6) is 0 Å². The van der Waals surface area contributed by atoms with Crippen molar-refractivity contribution in [3.8, 4) is 0 Å². The van der Waals surface area contributed by atoms with Crippen LogP contribution >= 0.6 is 11.0 Å². The van der Waals surface area contributed by atoms with Crippen LogP contribution in [0.15, 0.2) is 24.3 Å². The summed E-state index contributed by atoms with van der Waals surface area (Å²) in [6.07, 6.45) is 4.89. The van der Waals surface area contributed by atoms with Gasteiger partial charge in [-0.1, -0.05) is 12.1 Å². The lowest BCUT2D eigenvalue weighted by Crippen LogP contribution is -2.62. The molecule has 8 nitrogen and oxygen atoms in total. The minimum Gasteiger partial charge on any atom is -0.369 e. The number of halogens is 1. The number of benzene rings is 1. The van der Waals surface area contributed by atoms with Crippen LogP contribution in [0.4, 0.5) is 10.1 Å². The Morgan fingerprint density at radius 2 is 1.84 bits per heavy atom. The van der Waals surface area contributed by atoms with Gasteiger partial charge in [-0.25, -0.2) is 4.39 Å². The van der Waals surface area contributed by atoms with Gasteiger partial charge in [0.1, 0.15) is 5.82 Å². The van der Waals surface area contributed by atoms with Gasteiger partial charge in [0.2, 0.25) is 11.8 Å². The van der Waals surface area contributed by atoms with Gasteiger partial charge in [0.15, 0.2) is 0 Å². The summed E-state index contributed by atoms with van der Waals surface area (Å²) in [4.78, 5) is 25.1. The number of nitrogens with one attached hydrogen (secondary N) is 1. The molecular formula is C22H31FN4O4S. The number of carbonyl (C=O) groups excluding carboxylic acids is 2. The molecule has 1 aliphatic heterocycles. The Morgan fingerprint density at radius 3 is 2.50 bits per heavy atom. The molecule has 4 aliphatic carbocycles. The first-order valence-corrected chi connectivity index (χ1v) is 12.8. The molecule has 10 heteroatoms. The number of hydrogen-bond acceptors (Lipinski definition) is 6. The average Bonchev–Trinajstić information content (AvgIpc) is 2.72. The van der Waals surface area contributed by atoms with Gasteiger partial charge >= 0.3 is 0 Å². The molecule has 5 N–H and O–H groups in total. The second kappa shape index (κ2) is 7.86. The highest BCUT2D eigenvalue weighted by molar-refractivity contribution is 8.23. The minimum absolute atomic E-state index is 0.0132. The van der Waals surface area contributed by atoms with E-state index >= 15 is 0 Å². The first-order chi connectivity index (χ1) is 15.2. The van der Waals surface area contributed by atoms with Gasteiger partial charge in [-0.15, -0.1) is 0 Å². The zero-order valence-electron chi connectivity index (χ0n) is 18.0. The van der Waals surface area contributed by atoms with E-state index in [1.54, 1.807) is 12.1 Å². The summed E-state index contributed by atoms with van der Waals surface area (Å²) in [5.41, 5.74) is 5.45. The maximum atomic E-state index is 14.3. The predicted molar refractivity (Wildman–Crippen MR) is 120 cm³/mol. The monoisotopic (exact) mass is 466 g/mol. The molecule has 4 saturated carbocycles. The van der Waals surface area contributed by atoms with Gasteiger partial charge < -0.3 is 11.1 Å². The van der Waals surface area contributed by atoms with Crippen LogP contribution in [0.25, 0.3) is 0 Å². The molecule has 1 saturated heterocycles. The number of nitrogens with two attached hydrogens (primary N) is 1. The van der Waals surface area contributed by atoms with Crippen molar-refractivity contribution in [1.82, 2.24) is 9.62 Å². The molecule has 4 bridgehead atoms. The summed E-state index contributed by atoms with van der Waals surface area (Å²) in [7, 11) is -3.51. The molecular weight excluding hydrogens is 435 g/mol. The molecule has 2 atom stereocenters. The number of para-hydroxylation sites is 1. The van der Waals surface area contributed by atoms with E-state index in [-0.39, 0.29) is 41.9 Å². The molecule has 0 aromatic heterocycles. The van der Waals surface area contributed by atoms with Gasteiger partial charge in [0.25, 0.3) is 0 Å². The molecule has 5 fully saturated rings. The molecule has 2 amide bonds. The van der Waals surface area contributed by atoms with E-state index in [1.165, 1.54) is 20.7 Å². The van der Waals surface area contributed by atoms with Crippen molar-refractivity contribution in [2.75, 3.05) is 23.9 Å². The van der Waals surface area contributed by atoms with E-state index in [1.807, 2.05) is 0 Å². The van der Waals surface area contributed by atoms with Crippen molar-refractivity contribution in [3.63, 3.8) is 0 Å². The van der Waals surface area contributed by atoms with Crippen molar-refractivity contribution < 1.29 is 23.1 Å². The Bertz CT molecular complexity index is 915. The molecule has 6 rings (SSSR count). The second-order valence-electron chi connectivity index (χ2n) is 9.97. The van der Waals surface area contributed by atoms with Crippen LogP contribution in [0.3, 0.4) is 0 Å². The summed E-state index contributed by atoms with van der Waals surface area (Å²) in [6.45, 7) is 0.462. The van der Waals surface area contributed by atoms with Crippen LogP contribution in [0.1, 0.15) is 38.5 Å². The van der Waals surface area contributed by atoms with Crippen LogP contribution in [-0.4, -0.2) is 50.9 Å². The fraction of sp³-hybridized carbons (Fsp3) is 0.636. The van der Waals surface area contributed by atoms with Gasteiger partial charge in [0, 0.05) is 24.5 Å². The number of carbonyl (C=O) groups is 2. The largest absolute Gasteiger partial charge is 0.369 e. The Morgan fingerprint density at radius 1 is 1.16 bits per heavy atom. The third-order valence-corrected chi connectivity index (χ3v) is 9.95. The highest BCUT2D eigenvalue weighted by Crippen LogP contribution is 2.60. The summed E-state index contributed by atoms with van der Waals surface area (Å²) in [5, 5.41) is 3.14. The quantitative estimate of drug-likeness (QED) is 0.530. The fourth-order valence-corrected chi connectivity index (χ4v) is 8.53. The van der Waals surface area contributed by atoms with Crippen LogP contribution in [0, 0.1) is 29.0 Å². The van der Waals surface area contributed by atoms with Gasteiger partial charge in [-0.3, -0.25) is 23.0 Å². The number of nitrogens with zero attached hydrogens (tertiary/aromatic N) is 2. The highest BCUT2D eigenvalue weighted by atomic mass is 32.3. The van der Waals surface area contributed by atoms with Gasteiger partial charge in [-0.05, 0) is 79.4 Å². The molecule has 1 aromatic rings. The molecule has 176 valence electrons. The van der Waals surface area contributed by atoms with E-state index in [0.29, 0.717) is 25.4 Å². The lowest BCUT2D eigenvalue weighted by molar-refractivity contribution is -0.147. The van der Waals surface area contributed by atoms with Crippen LogP contribution in [-0.2, 0) is 9.59 Å². The van der Waals surface area contributed by atoms with Crippen LogP contribution in [0.2, 0.25) is 0 Å². The van der Waals surface area contributed by atoms with E-state index in [0.717, 1.165) is 32.1 Å². The standard InChI is InChI=1S/C22H31FN4O4S/c23-17-4-1-2-5-18(17)27-7-3-6-26(32(27,30)31)13-19(28)25-20-15-8-14-9-16(20)12-22(10-14,11-15)21(24)29/h1-2,4-5,14-16,20,30-31H,3,6-13H2,(H2,24,29)(H,25,28). The summed E-state index contributed by atoms with van der Waals surface area (Å²) in [6, 6.07) is 5.97. The smallest absolute Gasteiger partial charge is 0.236 e. The number of hydrogen-bond donors (Lipinski definition) is 4. The molecule has 1 heterocycles. The molecule has 2 unspecified atom stereocenters. The first-order valence-electron chi connectivity index (χ1n) is 11.3. The lowest BCUT2D eigenvalue weighted by Gasteiger charge is -2.59. The zero-order valence-corrected chi connectivity index (χ0v) is 18.8. The van der Waals surface area contributed by atoms with Gasteiger partial charge in [-0.2, -0.15) is 4.31 Å². The molecule has 32 heavy (non-hydrogen) atoms. The number of anilines is 1. The molecule has 0 radical (unpaired) electrons. The lowest BCUT2D eigenvalue weighted by atomic mass is 9.47. The van der Waals surface area contributed by atoms with Crippen LogP contribution < -0.4 is 15.4 Å². The topological polar surface area (TPSA) is 119 Å². The van der Waals surface area contributed by atoms with Crippen molar-refractivity contribution in [3.05, 3.63) is 30.1 Å². The fourth-order valence-electron chi connectivity index (χ4n) is 6.80. The summed E-state index contributed by atoms with van der Waals surface area (Å²) >= 11 is 0. The Kier molecular flexibility index (Phi) is 5.39. The van der Waals surface area contributed by atoms with Crippen molar-refractivity contribution >= 4 is 28.5 Å². The average molecular weight is 467 g/mol. The normalized spacial score (nSPS) is 36.7. The van der Waals surface area contributed by atoms with Crippen molar-refractivity contribution in [2.24, 2.45) is 28.9 Å². The summed E-state index contributed by atoms with van der Waals surface area (Å²) in [5.74, 6) is -0.0564. The zero-order chi connectivity index (χ0) is 22.7. The number of rotatable bonds is 5. The third kappa shape index (κ3) is 3.57. The highest BCUT2D eigenvalue weighted by Gasteiger charge is 2.58. The Labute approximate surface area is 188 Å².